The van der Waals surface area contributed by atoms with Crippen molar-refractivity contribution in [3.8, 4) is 5.75 Å². The number of aliphatic carboxylic acids is 1. The lowest BCUT2D eigenvalue weighted by molar-refractivity contribution is -0.142. The fourth-order valence-corrected chi connectivity index (χ4v) is 2.25. The molecule has 0 saturated heterocycles. The molecular weight excluding hydrogens is 270 g/mol. The van der Waals surface area contributed by atoms with E-state index in [1.165, 1.54) is 0 Å². The first-order valence-corrected chi connectivity index (χ1v) is 7.18. The molecule has 21 heavy (non-hydrogen) atoms. The van der Waals surface area contributed by atoms with Crippen molar-refractivity contribution in [1.82, 2.24) is 5.32 Å². The van der Waals surface area contributed by atoms with Crippen molar-refractivity contribution in [1.29, 1.82) is 0 Å². The maximum atomic E-state index is 11.8. The highest BCUT2D eigenvalue weighted by Crippen LogP contribution is 2.33. The van der Waals surface area contributed by atoms with Crippen molar-refractivity contribution < 1.29 is 19.4 Å². The van der Waals surface area contributed by atoms with E-state index in [9.17, 15) is 9.59 Å². The minimum Gasteiger partial charge on any atom is -0.484 e. The Kier molecular flexibility index (Phi) is 4.83. The van der Waals surface area contributed by atoms with Crippen LogP contribution in [0.3, 0.4) is 0 Å². The maximum absolute atomic E-state index is 11.8. The van der Waals surface area contributed by atoms with Crippen LogP contribution in [0, 0.1) is 19.8 Å². The van der Waals surface area contributed by atoms with Gasteiger partial charge in [-0.1, -0.05) is 30.5 Å². The van der Waals surface area contributed by atoms with Gasteiger partial charge >= 0.3 is 5.97 Å². The molecule has 114 valence electrons. The lowest BCUT2D eigenvalue weighted by Crippen LogP contribution is -2.43. The van der Waals surface area contributed by atoms with Crippen molar-refractivity contribution in [3.05, 3.63) is 29.3 Å². The van der Waals surface area contributed by atoms with Gasteiger partial charge < -0.3 is 15.2 Å². The van der Waals surface area contributed by atoms with Crippen LogP contribution in [0.1, 0.15) is 30.4 Å². The van der Waals surface area contributed by atoms with Crippen LogP contribution < -0.4 is 10.1 Å². The largest absolute Gasteiger partial charge is 0.484 e. The van der Waals surface area contributed by atoms with E-state index in [0.717, 1.165) is 24.0 Å². The standard InChI is InChI=1S/C16H21NO4/c1-10-3-6-14(11(2)7-10)21-9-15(18)17-13(16(19)20)8-12-4-5-12/h3,6-7,12-13H,4-5,8-9H2,1-2H3,(H,17,18)(H,19,20). The van der Waals surface area contributed by atoms with Crippen molar-refractivity contribution in [2.75, 3.05) is 6.61 Å². The second-order valence-electron chi connectivity index (χ2n) is 5.70. The fourth-order valence-electron chi connectivity index (χ4n) is 2.25. The summed E-state index contributed by atoms with van der Waals surface area (Å²) in [5.41, 5.74) is 2.08. The van der Waals surface area contributed by atoms with E-state index in [-0.39, 0.29) is 6.61 Å². The molecule has 0 spiro atoms. The lowest BCUT2D eigenvalue weighted by atomic mass is 10.1. The molecule has 1 unspecified atom stereocenters. The average Bonchev–Trinajstić information content (AvgIpc) is 3.21. The quantitative estimate of drug-likeness (QED) is 0.806. The Hall–Kier alpha value is -2.04. The van der Waals surface area contributed by atoms with E-state index >= 15 is 0 Å². The van der Waals surface area contributed by atoms with Crippen LogP contribution in [0.5, 0.6) is 5.75 Å². The van der Waals surface area contributed by atoms with Crippen LogP contribution in [0.15, 0.2) is 18.2 Å². The Morgan fingerprint density at radius 2 is 2.10 bits per heavy atom. The van der Waals surface area contributed by atoms with E-state index in [1.807, 2.05) is 32.0 Å². The van der Waals surface area contributed by atoms with Crippen molar-refractivity contribution >= 4 is 11.9 Å². The predicted octanol–water partition coefficient (Wildman–Crippen LogP) is 2.05. The zero-order valence-electron chi connectivity index (χ0n) is 12.4. The van der Waals surface area contributed by atoms with E-state index in [1.54, 1.807) is 0 Å². The monoisotopic (exact) mass is 291 g/mol. The summed E-state index contributed by atoms with van der Waals surface area (Å²) in [7, 11) is 0. The summed E-state index contributed by atoms with van der Waals surface area (Å²) in [5, 5.41) is 11.6. The highest BCUT2D eigenvalue weighted by molar-refractivity contribution is 5.84. The third kappa shape index (κ3) is 4.77. The number of rotatable bonds is 7. The number of amides is 1. The molecule has 5 heteroatoms. The van der Waals surface area contributed by atoms with Crippen LogP contribution >= 0.6 is 0 Å². The van der Waals surface area contributed by atoms with Gasteiger partial charge in [-0.3, -0.25) is 4.79 Å². The molecule has 1 aromatic carbocycles. The summed E-state index contributed by atoms with van der Waals surface area (Å²) in [4.78, 5) is 22.9. The molecule has 1 amide bonds. The van der Waals surface area contributed by atoms with Gasteiger partial charge in [-0.25, -0.2) is 4.79 Å². The highest BCUT2D eigenvalue weighted by Gasteiger charge is 2.30. The van der Waals surface area contributed by atoms with Gasteiger partial charge in [0.2, 0.25) is 0 Å². The Morgan fingerprint density at radius 1 is 1.38 bits per heavy atom. The van der Waals surface area contributed by atoms with Crippen LogP contribution in [-0.4, -0.2) is 29.6 Å². The van der Waals surface area contributed by atoms with Gasteiger partial charge in [0.25, 0.3) is 5.91 Å². The van der Waals surface area contributed by atoms with Gasteiger partial charge in [0, 0.05) is 0 Å². The molecule has 0 bridgehead atoms. The number of nitrogens with one attached hydrogen (secondary N) is 1. The van der Waals surface area contributed by atoms with Gasteiger partial charge in [-0.2, -0.15) is 0 Å². The summed E-state index contributed by atoms with van der Waals surface area (Å²) in [6, 6.07) is 4.89. The number of carboxylic acids is 1. The van der Waals surface area contributed by atoms with Gasteiger partial charge in [-0.05, 0) is 37.8 Å². The summed E-state index contributed by atoms with van der Waals surface area (Å²) in [5.74, 6) is -0.304. The third-order valence-corrected chi connectivity index (χ3v) is 3.59. The molecule has 1 atom stereocenters. The summed E-state index contributed by atoms with van der Waals surface area (Å²) >= 11 is 0. The molecule has 0 aromatic heterocycles. The zero-order valence-corrected chi connectivity index (χ0v) is 12.4. The number of ether oxygens (including phenoxy) is 1. The summed E-state index contributed by atoms with van der Waals surface area (Å²) in [6.07, 6.45) is 2.61. The van der Waals surface area contributed by atoms with Crippen molar-refractivity contribution in [2.24, 2.45) is 5.92 Å². The van der Waals surface area contributed by atoms with E-state index in [0.29, 0.717) is 18.1 Å². The normalized spacial score (nSPS) is 15.3. The van der Waals surface area contributed by atoms with Crippen molar-refractivity contribution in [3.63, 3.8) is 0 Å². The van der Waals surface area contributed by atoms with E-state index < -0.39 is 17.9 Å². The summed E-state index contributed by atoms with van der Waals surface area (Å²) in [6.45, 7) is 3.73. The molecule has 1 fully saturated rings. The molecular formula is C16H21NO4. The Morgan fingerprint density at radius 3 is 2.67 bits per heavy atom. The first-order chi connectivity index (χ1) is 9.95. The van der Waals surface area contributed by atoms with Gasteiger partial charge in [0.15, 0.2) is 6.61 Å². The van der Waals surface area contributed by atoms with Crippen LogP contribution in [0.2, 0.25) is 0 Å². The van der Waals surface area contributed by atoms with Crippen LogP contribution in [0.25, 0.3) is 0 Å². The minimum absolute atomic E-state index is 0.168. The molecule has 0 radical (unpaired) electrons. The SMILES string of the molecule is Cc1ccc(OCC(=O)NC(CC2CC2)C(=O)O)c(C)c1. The number of benzene rings is 1. The first-order valence-electron chi connectivity index (χ1n) is 7.18. The smallest absolute Gasteiger partial charge is 0.326 e. The maximum Gasteiger partial charge on any atom is 0.326 e. The van der Waals surface area contributed by atoms with Crippen LogP contribution in [0.4, 0.5) is 0 Å². The minimum atomic E-state index is -0.984. The Bertz CT molecular complexity index is 537. The molecule has 1 aliphatic carbocycles. The molecule has 0 heterocycles. The fraction of sp³-hybridized carbons (Fsp3) is 0.500. The van der Waals surface area contributed by atoms with Crippen molar-refractivity contribution in [2.45, 2.75) is 39.2 Å². The molecule has 2 rings (SSSR count). The second kappa shape index (κ2) is 6.61. The van der Waals surface area contributed by atoms with Gasteiger partial charge in [0.05, 0.1) is 0 Å². The molecule has 1 saturated carbocycles. The van der Waals surface area contributed by atoms with E-state index in [2.05, 4.69) is 5.32 Å². The predicted molar refractivity (Wildman–Crippen MR) is 78.3 cm³/mol. The Labute approximate surface area is 124 Å². The molecule has 1 aliphatic rings. The van der Waals surface area contributed by atoms with Gasteiger partial charge in [0.1, 0.15) is 11.8 Å². The highest BCUT2D eigenvalue weighted by atomic mass is 16.5. The number of carbonyl (C=O) groups is 2. The van der Waals surface area contributed by atoms with Gasteiger partial charge in [-0.15, -0.1) is 0 Å². The number of hydrogen-bond donors (Lipinski definition) is 2. The number of aryl methyl sites for hydroxylation is 2. The average molecular weight is 291 g/mol. The first kappa shape index (κ1) is 15.4. The molecule has 1 aromatic rings. The molecule has 2 N–H and O–H groups in total. The number of carboxylic acid groups (broad SMARTS) is 1. The van der Waals surface area contributed by atoms with E-state index in [4.69, 9.17) is 9.84 Å². The molecule has 5 nitrogen and oxygen atoms in total. The Balaban J connectivity index is 1.84. The van der Waals surface area contributed by atoms with Crippen LogP contribution in [-0.2, 0) is 9.59 Å². The zero-order chi connectivity index (χ0) is 15.4. The number of hydrogen-bond acceptors (Lipinski definition) is 3. The lowest BCUT2D eigenvalue weighted by Gasteiger charge is -2.15. The molecule has 0 aliphatic heterocycles. The third-order valence-electron chi connectivity index (χ3n) is 3.59. The number of carbonyl (C=O) groups excluding carboxylic acids is 1. The second-order valence-corrected chi connectivity index (χ2v) is 5.70. The topological polar surface area (TPSA) is 75.6 Å². The summed E-state index contributed by atoms with van der Waals surface area (Å²) < 4.78 is 5.45.